The lowest BCUT2D eigenvalue weighted by atomic mass is 10.2. The van der Waals surface area contributed by atoms with Crippen LogP contribution in [0.15, 0.2) is 18.2 Å². The van der Waals surface area contributed by atoms with Crippen LogP contribution >= 0.6 is 0 Å². The molecule has 0 radical (unpaired) electrons. The van der Waals surface area contributed by atoms with Crippen molar-refractivity contribution in [3.05, 3.63) is 23.8 Å². The van der Waals surface area contributed by atoms with Crippen LogP contribution in [0.1, 0.15) is 32.8 Å². The Morgan fingerprint density at radius 3 is 2.43 bits per heavy atom. The van der Waals surface area contributed by atoms with E-state index in [0.717, 1.165) is 5.56 Å². The van der Waals surface area contributed by atoms with Crippen LogP contribution in [0.25, 0.3) is 0 Å². The number of hydrogen-bond donors (Lipinski definition) is 2. The van der Waals surface area contributed by atoms with Crippen molar-refractivity contribution in [3.8, 4) is 0 Å². The maximum atomic E-state index is 12.0. The highest BCUT2D eigenvalue weighted by molar-refractivity contribution is 7.92. The van der Waals surface area contributed by atoms with Gasteiger partial charge in [0.15, 0.2) is 9.84 Å². The van der Waals surface area contributed by atoms with E-state index in [1.165, 1.54) is 0 Å². The number of anilines is 2. The van der Waals surface area contributed by atoms with Gasteiger partial charge in [-0.25, -0.2) is 8.42 Å². The van der Waals surface area contributed by atoms with E-state index >= 15 is 0 Å². The van der Waals surface area contributed by atoms with Crippen LogP contribution in [0.5, 0.6) is 0 Å². The SMILES string of the molecule is Cc1cc(N)ccc1NC(=O)CCS(=O)(=O)C(C)C(C)C. The minimum atomic E-state index is -3.24. The second kappa shape index (κ2) is 6.93. The Hall–Kier alpha value is -1.56. The van der Waals surface area contributed by atoms with E-state index in [1.54, 1.807) is 25.1 Å². The first-order valence-corrected chi connectivity index (χ1v) is 8.72. The summed E-state index contributed by atoms with van der Waals surface area (Å²) < 4.78 is 24.1. The topological polar surface area (TPSA) is 89.3 Å². The third-order valence-corrected chi connectivity index (χ3v) is 6.09. The van der Waals surface area contributed by atoms with Crippen molar-refractivity contribution in [2.45, 2.75) is 39.4 Å². The number of carbonyl (C=O) groups excluding carboxylic acids is 1. The molecule has 1 atom stereocenters. The molecule has 1 rings (SSSR count). The van der Waals surface area contributed by atoms with Crippen molar-refractivity contribution in [2.24, 2.45) is 5.92 Å². The highest BCUT2D eigenvalue weighted by atomic mass is 32.2. The lowest BCUT2D eigenvalue weighted by Crippen LogP contribution is -2.28. The fraction of sp³-hybridized carbons (Fsp3) is 0.533. The van der Waals surface area contributed by atoms with E-state index in [2.05, 4.69) is 5.32 Å². The summed E-state index contributed by atoms with van der Waals surface area (Å²) in [5.74, 6) is -0.397. The number of nitrogens with two attached hydrogens (primary N) is 1. The summed E-state index contributed by atoms with van der Waals surface area (Å²) in [6, 6.07) is 5.17. The van der Waals surface area contributed by atoms with Crippen molar-refractivity contribution in [1.29, 1.82) is 0 Å². The van der Waals surface area contributed by atoms with Gasteiger partial charge in [-0.1, -0.05) is 13.8 Å². The Morgan fingerprint density at radius 1 is 1.29 bits per heavy atom. The molecule has 1 aromatic rings. The molecule has 0 bridgehead atoms. The molecule has 118 valence electrons. The fourth-order valence-electron chi connectivity index (χ4n) is 1.88. The number of hydrogen-bond acceptors (Lipinski definition) is 4. The van der Waals surface area contributed by atoms with E-state index in [-0.39, 0.29) is 24.0 Å². The zero-order chi connectivity index (χ0) is 16.2. The van der Waals surface area contributed by atoms with Crippen LogP contribution in [0, 0.1) is 12.8 Å². The van der Waals surface area contributed by atoms with Crippen molar-refractivity contribution >= 4 is 27.1 Å². The molecular formula is C15H24N2O3S. The van der Waals surface area contributed by atoms with Crippen LogP contribution in [0.4, 0.5) is 11.4 Å². The van der Waals surface area contributed by atoms with Crippen LogP contribution in [0.2, 0.25) is 0 Å². The van der Waals surface area contributed by atoms with Crippen molar-refractivity contribution in [3.63, 3.8) is 0 Å². The van der Waals surface area contributed by atoms with Gasteiger partial charge < -0.3 is 11.1 Å². The van der Waals surface area contributed by atoms with Gasteiger partial charge in [0.2, 0.25) is 5.91 Å². The zero-order valence-electron chi connectivity index (χ0n) is 13.0. The van der Waals surface area contributed by atoms with E-state index in [9.17, 15) is 13.2 Å². The van der Waals surface area contributed by atoms with Gasteiger partial charge in [0, 0.05) is 17.8 Å². The summed E-state index contributed by atoms with van der Waals surface area (Å²) in [6.07, 6.45) is -0.0385. The molecule has 0 fully saturated rings. The van der Waals surface area contributed by atoms with Gasteiger partial charge in [0.1, 0.15) is 0 Å². The molecule has 0 heterocycles. The quantitative estimate of drug-likeness (QED) is 0.789. The van der Waals surface area contributed by atoms with Gasteiger partial charge >= 0.3 is 0 Å². The van der Waals surface area contributed by atoms with Crippen molar-refractivity contribution < 1.29 is 13.2 Å². The van der Waals surface area contributed by atoms with Crippen LogP contribution in [-0.2, 0) is 14.6 Å². The lowest BCUT2D eigenvalue weighted by molar-refractivity contribution is -0.115. The molecule has 0 aromatic heterocycles. The Kier molecular flexibility index (Phi) is 5.78. The molecule has 0 aliphatic carbocycles. The number of carbonyl (C=O) groups is 1. The fourth-order valence-corrected chi connectivity index (χ4v) is 3.55. The molecular weight excluding hydrogens is 288 g/mol. The van der Waals surface area contributed by atoms with Crippen molar-refractivity contribution in [2.75, 3.05) is 16.8 Å². The van der Waals surface area contributed by atoms with E-state index in [0.29, 0.717) is 11.4 Å². The van der Waals surface area contributed by atoms with Gasteiger partial charge in [-0.3, -0.25) is 4.79 Å². The third-order valence-electron chi connectivity index (χ3n) is 3.64. The second-order valence-corrected chi connectivity index (χ2v) is 8.17. The van der Waals surface area contributed by atoms with Gasteiger partial charge in [-0.05, 0) is 43.5 Å². The number of aryl methyl sites for hydroxylation is 1. The van der Waals surface area contributed by atoms with E-state index in [4.69, 9.17) is 5.73 Å². The third kappa shape index (κ3) is 5.04. The van der Waals surface area contributed by atoms with E-state index in [1.807, 2.05) is 20.8 Å². The molecule has 3 N–H and O–H groups in total. The minimum Gasteiger partial charge on any atom is -0.399 e. The number of nitrogen functional groups attached to an aromatic ring is 1. The number of nitrogens with one attached hydrogen (secondary N) is 1. The Balaban J connectivity index is 2.63. The second-order valence-electron chi connectivity index (χ2n) is 5.69. The summed E-state index contributed by atoms with van der Waals surface area (Å²) in [5.41, 5.74) is 7.77. The first kappa shape index (κ1) is 17.5. The molecule has 5 nitrogen and oxygen atoms in total. The molecule has 0 aliphatic heterocycles. The van der Waals surface area contributed by atoms with Gasteiger partial charge in [0.05, 0.1) is 11.0 Å². The van der Waals surface area contributed by atoms with Crippen LogP contribution in [-0.4, -0.2) is 25.3 Å². The van der Waals surface area contributed by atoms with Crippen LogP contribution < -0.4 is 11.1 Å². The monoisotopic (exact) mass is 312 g/mol. The summed E-state index contributed by atoms with van der Waals surface area (Å²) in [6.45, 7) is 7.24. The van der Waals surface area contributed by atoms with Gasteiger partial charge in [-0.2, -0.15) is 0 Å². The van der Waals surface area contributed by atoms with Gasteiger partial charge in [-0.15, -0.1) is 0 Å². The van der Waals surface area contributed by atoms with Crippen LogP contribution in [0.3, 0.4) is 0 Å². The molecule has 0 saturated carbocycles. The molecule has 1 amide bonds. The Morgan fingerprint density at radius 2 is 1.90 bits per heavy atom. The average molecular weight is 312 g/mol. The maximum Gasteiger partial charge on any atom is 0.225 e. The number of sulfone groups is 1. The average Bonchev–Trinajstić information content (AvgIpc) is 2.39. The predicted octanol–water partition coefficient (Wildman–Crippen LogP) is 2.37. The number of amides is 1. The molecule has 0 spiro atoms. The molecule has 0 aliphatic rings. The van der Waals surface area contributed by atoms with Gasteiger partial charge in [0.25, 0.3) is 0 Å². The minimum absolute atomic E-state index is 0.0385. The first-order chi connectivity index (χ1) is 9.63. The molecule has 1 unspecified atom stereocenters. The molecule has 0 saturated heterocycles. The van der Waals surface area contributed by atoms with Crippen molar-refractivity contribution in [1.82, 2.24) is 0 Å². The molecule has 21 heavy (non-hydrogen) atoms. The first-order valence-electron chi connectivity index (χ1n) is 7.01. The zero-order valence-corrected chi connectivity index (χ0v) is 13.8. The summed E-state index contributed by atoms with van der Waals surface area (Å²) >= 11 is 0. The summed E-state index contributed by atoms with van der Waals surface area (Å²) in [5, 5.41) is 2.28. The summed E-state index contributed by atoms with van der Waals surface area (Å²) in [7, 11) is -3.24. The molecule has 6 heteroatoms. The standard InChI is InChI=1S/C15H24N2O3S/c1-10(2)12(4)21(19,20)8-7-15(18)17-14-6-5-13(16)9-11(14)3/h5-6,9-10,12H,7-8,16H2,1-4H3,(H,17,18). The maximum absolute atomic E-state index is 12.0. The lowest BCUT2D eigenvalue weighted by Gasteiger charge is -2.16. The normalized spacial score (nSPS) is 13.2. The number of benzene rings is 1. The highest BCUT2D eigenvalue weighted by Crippen LogP contribution is 2.18. The summed E-state index contributed by atoms with van der Waals surface area (Å²) in [4.78, 5) is 11.9. The Bertz CT molecular complexity index is 609. The molecule has 1 aromatic carbocycles. The Labute approximate surface area is 126 Å². The van der Waals surface area contributed by atoms with E-state index < -0.39 is 15.1 Å². The number of rotatable bonds is 6. The highest BCUT2D eigenvalue weighted by Gasteiger charge is 2.24. The smallest absolute Gasteiger partial charge is 0.225 e. The largest absolute Gasteiger partial charge is 0.399 e. The predicted molar refractivity (Wildman–Crippen MR) is 86.9 cm³/mol.